The van der Waals surface area contributed by atoms with Gasteiger partial charge >= 0.3 is 0 Å². The van der Waals surface area contributed by atoms with Crippen LogP contribution >= 0.6 is 15.9 Å². The molecule has 1 atom stereocenters. The Bertz CT molecular complexity index is 328. The minimum Gasteiger partial charge on any atom is -0.474 e. The van der Waals surface area contributed by atoms with Crippen molar-refractivity contribution in [2.45, 2.75) is 33.5 Å². The summed E-state index contributed by atoms with van der Waals surface area (Å²) in [4.78, 5) is 4.14. The zero-order valence-corrected chi connectivity index (χ0v) is 10.8. The number of hydrogen-bond donors (Lipinski definition) is 1. The summed E-state index contributed by atoms with van der Waals surface area (Å²) in [6.45, 7) is 6.10. The molecule has 15 heavy (non-hydrogen) atoms. The lowest BCUT2D eigenvalue weighted by Crippen LogP contribution is -2.20. The van der Waals surface area contributed by atoms with Gasteiger partial charge in [0.15, 0.2) is 0 Å². The Morgan fingerprint density at radius 1 is 1.47 bits per heavy atom. The Morgan fingerprint density at radius 3 is 2.67 bits per heavy atom. The molecule has 0 radical (unpaired) electrons. The molecule has 4 heteroatoms. The molecule has 1 rings (SSSR count). The second kappa shape index (κ2) is 5.47. The molecule has 1 unspecified atom stereocenters. The van der Waals surface area contributed by atoms with Gasteiger partial charge in [0.05, 0.1) is 12.7 Å². The first kappa shape index (κ1) is 12.5. The van der Waals surface area contributed by atoms with Crippen molar-refractivity contribution in [1.82, 2.24) is 4.98 Å². The monoisotopic (exact) mass is 273 g/mol. The maximum absolute atomic E-state index is 9.15. The van der Waals surface area contributed by atoms with Crippen LogP contribution in [0.2, 0.25) is 0 Å². The number of hydrogen-bond acceptors (Lipinski definition) is 3. The number of aliphatic hydroxyl groups is 1. The number of halogens is 1. The lowest BCUT2D eigenvalue weighted by Gasteiger charge is -2.18. The van der Waals surface area contributed by atoms with E-state index in [1.165, 1.54) is 0 Å². The molecule has 0 bridgehead atoms. The van der Waals surface area contributed by atoms with Crippen LogP contribution in [0.25, 0.3) is 0 Å². The lowest BCUT2D eigenvalue weighted by molar-refractivity contribution is 0.157. The van der Waals surface area contributed by atoms with E-state index in [2.05, 4.69) is 34.8 Å². The van der Waals surface area contributed by atoms with Crippen molar-refractivity contribution in [3.8, 4) is 5.88 Å². The molecule has 3 nitrogen and oxygen atoms in total. The topological polar surface area (TPSA) is 42.4 Å². The Labute approximate surface area is 98.6 Å². The standard InChI is InChI=1S/C11H16BrNO2/c1-7(2)8(3)15-11-9(6-14)4-10(12)5-13-11/h4-5,7-8,14H,6H2,1-3H3. The largest absolute Gasteiger partial charge is 0.474 e. The van der Waals surface area contributed by atoms with Gasteiger partial charge in [-0.25, -0.2) is 4.98 Å². The molecule has 1 heterocycles. The van der Waals surface area contributed by atoms with E-state index in [9.17, 15) is 0 Å². The summed E-state index contributed by atoms with van der Waals surface area (Å²) in [7, 11) is 0. The van der Waals surface area contributed by atoms with Gasteiger partial charge in [-0.05, 0) is 34.8 Å². The average molecular weight is 274 g/mol. The van der Waals surface area contributed by atoms with Crippen molar-refractivity contribution in [1.29, 1.82) is 0 Å². The molecule has 0 saturated carbocycles. The Kier molecular flexibility index (Phi) is 4.54. The molecule has 1 aromatic rings. The lowest BCUT2D eigenvalue weighted by atomic mass is 10.1. The van der Waals surface area contributed by atoms with Crippen LogP contribution < -0.4 is 4.74 Å². The maximum atomic E-state index is 9.15. The quantitative estimate of drug-likeness (QED) is 0.918. The van der Waals surface area contributed by atoms with Gasteiger partial charge in [-0.15, -0.1) is 0 Å². The Hall–Kier alpha value is -0.610. The van der Waals surface area contributed by atoms with Gasteiger partial charge in [0.25, 0.3) is 0 Å². The summed E-state index contributed by atoms with van der Waals surface area (Å²) < 4.78 is 6.50. The average Bonchev–Trinajstić information content (AvgIpc) is 2.20. The van der Waals surface area contributed by atoms with Gasteiger partial charge in [0.2, 0.25) is 5.88 Å². The number of ether oxygens (including phenoxy) is 1. The minimum atomic E-state index is -0.0629. The molecule has 0 saturated heterocycles. The Balaban J connectivity index is 2.84. The van der Waals surface area contributed by atoms with Crippen molar-refractivity contribution < 1.29 is 9.84 Å². The third-order valence-corrected chi connectivity index (χ3v) is 2.73. The van der Waals surface area contributed by atoms with Crippen LogP contribution in [0.5, 0.6) is 5.88 Å². The molecule has 84 valence electrons. The molecule has 0 aliphatic carbocycles. The highest BCUT2D eigenvalue weighted by molar-refractivity contribution is 9.10. The summed E-state index contributed by atoms with van der Waals surface area (Å²) in [5.74, 6) is 0.934. The predicted molar refractivity (Wildman–Crippen MR) is 62.8 cm³/mol. The van der Waals surface area contributed by atoms with E-state index in [0.717, 1.165) is 4.47 Å². The van der Waals surface area contributed by atoms with Crippen LogP contribution in [-0.4, -0.2) is 16.2 Å². The van der Waals surface area contributed by atoms with Gasteiger partial charge in [-0.1, -0.05) is 13.8 Å². The fourth-order valence-electron chi connectivity index (χ4n) is 1.00. The van der Waals surface area contributed by atoms with Crippen molar-refractivity contribution in [3.63, 3.8) is 0 Å². The number of pyridine rings is 1. The van der Waals surface area contributed by atoms with E-state index in [1.807, 2.05) is 13.0 Å². The minimum absolute atomic E-state index is 0.0629. The highest BCUT2D eigenvalue weighted by Crippen LogP contribution is 2.22. The van der Waals surface area contributed by atoms with Gasteiger partial charge in [0, 0.05) is 16.2 Å². The predicted octanol–water partition coefficient (Wildman–Crippen LogP) is 2.76. The summed E-state index contributed by atoms with van der Waals surface area (Å²) in [6, 6.07) is 1.81. The molecular weight excluding hydrogens is 258 g/mol. The highest BCUT2D eigenvalue weighted by atomic mass is 79.9. The van der Waals surface area contributed by atoms with E-state index in [0.29, 0.717) is 17.4 Å². The molecular formula is C11H16BrNO2. The van der Waals surface area contributed by atoms with Gasteiger partial charge in [-0.3, -0.25) is 0 Å². The summed E-state index contributed by atoms with van der Waals surface area (Å²) in [5.41, 5.74) is 0.705. The van der Waals surface area contributed by atoms with E-state index >= 15 is 0 Å². The second-order valence-corrected chi connectivity index (χ2v) is 4.76. The SMILES string of the molecule is CC(C)C(C)Oc1ncc(Br)cc1CO. The maximum Gasteiger partial charge on any atom is 0.219 e. The summed E-state index contributed by atoms with van der Waals surface area (Å²) in [6.07, 6.45) is 1.76. The second-order valence-electron chi connectivity index (χ2n) is 3.84. The van der Waals surface area contributed by atoms with Gasteiger partial charge < -0.3 is 9.84 Å². The van der Waals surface area contributed by atoms with Crippen LogP contribution in [0.4, 0.5) is 0 Å². The highest BCUT2D eigenvalue weighted by Gasteiger charge is 2.12. The van der Waals surface area contributed by atoms with E-state index in [4.69, 9.17) is 9.84 Å². The van der Waals surface area contributed by atoms with E-state index in [-0.39, 0.29) is 12.7 Å². The fourth-order valence-corrected chi connectivity index (χ4v) is 1.38. The summed E-state index contributed by atoms with van der Waals surface area (Å²) >= 11 is 3.30. The zero-order chi connectivity index (χ0) is 11.4. The third-order valence-electron chi connectivity index (χ3n) is 2.30. The first-order chi connectivity index (χ1) is 7.04. The van der Waals surface area contributed by atoms with Crippen molar-refractivity contribution in [3.05, 3.63) is 22.3 Å². The fraction of sp³-hybridized carbons (Fsp3) is 0.545. The van der Waals surface area contributed by atoms with Gasteiger partial charge in [-0.2, -0.15) is 0 Å². The van der Waals surface area contributed by atoms with Crippen LogP contribution in [-0.2, 0) is 6.61 Å². The first-order valence-corrected chi connectivity index (χ1v) is 5.75. The van der Waals surface area contributed by atoms with Crippen molar-refractivity contribution in [2.75, 3.05) is 0 Å². The number of aromatic nitrogens is 1. The number of nitrogens with zero attached hydrogens (tertiary/aromatic N) is 1. The molecule has 0 aliphatic heterocycles. The first-order valence-electron chi connectivity index (χ1n) is 4.96. The van der Waals surface area contributed by atoms with Crippen molar-refractivity contribution >= 4 is 15.9 Å². The molecule has 0 spiro atoms. The van der Waals surface area contributed by atoms with Crippen LogP contribution in [0.1, 0.15) is 26.3 Å². The molecule has 0 fully saturated rings. The van der Waals surface area contributed by atoms with E-state index < -0.39 is 0 Å². The smallest absolute Gasteiger partial charge is 0.219 e. The zero-order valence-electron chi connectivity index (χ0n) is 9.20. The van der Waals surface area contributed by atoms with Gasteiger partial charge in [0.1, 0.15) is 0 Å². The summed E-state index contributed by atoms with van der Waals surface area (Å²) in [5, 5.41) is 9.15. The van der Waals surface area contributed by atoms with Crippen LogP contribution in [0, 0.1) is 5.92 Å². The molecule has 1 N–H and O–H groups in total. The van der Waals surface area contributed by atoms with E-state index in [1.54, 1.807) is 6.20 Å². The molecule has 0 aromatic carbocycles. The van der Waals surface area contributed by atoms with Crippen LogP contribution in [0.3, 0.4) is 0 Å². The number of aliphatic hydroxyl groups excluding tert-OH is 1. The van der Waals surface area contributed by atoms with Crippen molar-refractivity contribution in [2.24, 2.45) is 5.92 Å². The number of rotatable bonds is 4. The molecule has 0 aliphatic rings. The van der Waals surface area contributed by atoms with Crippen LogP contribution in [0.15, 0.2) is 16.7 Å². The normalized spacial score (nSPS) is 12.9. The molecule has 1 aromatic heterocycles. The Morgan fingerprint density at radius 2 is 2.13 bits per heavy atom. The third kappa shape index (κ3) is 3.47. The molecule has 0 amide bonds.